The maximum atomic E-state index is 15.9. The van der Waals surface area contributed by atoms with Gasteiger partial charge in [-0.15, -0.1) is 5.10 Å². The van der Waals surface area contributed by atoms with Gasteiger partial charge in [0.25, 0.3) is 0 Å². The Labute approximate surface area is 233 Å². The first-order valence-corrected chi connectivity index (χ1v) is 12.5. The molecule has 0 aliphatic carbocycles. The summed E-state index contributed by atoms with van der Waals surface area (Å²) in [6.45, 7) is 2.62. The minimum atomic E-state index is -1.12. The first-order valence-electron chi connectivity index (χ1n) is 12.5. The van der Waals surface area contributed by atoms with Crippen LogP contribution in [0.1, 0.15) is 42.4 Å². The van der Waals surface area contributed by atoms with Gasteiger partial charge in [-0.25, -0.2) is 14.2 Å². The summed E-state index contributed by atoms with van der Waals surface area (Å²) in [6.07, 6.45) is 1.97. The number of benzene rings is 2. The maximum Gasteiger partial charge on any atom is 0.349 e. The van der Waals surface area contributed by atoms with E-state index < -0.39 is 23.5 Å². The van der Waals surface area contributed by atoms with E-state index in [0.717, 1.165) is 4.68 Å². The van der Waals surface area contributed by atoms with Gasteiger partial charge in [0.2, 0.25) is 0 Å². The number of aliphatic hydroxyl groups excluding tert-OH is 1. The van der Waals surface area contributed by atoms with Crippen LogP contribution in [0, 0.1) is 11.2 Å². The second-order valence-electron chi connectivity index (χ2n) is 8.86. The third-order valence-electron chi connectivity index (χ3n) is 5.96. The summed E-state index contributed by atoms with van der Waals surface area (Å²) < 4.78 is 27.6. The number of nitrogens with two attached hydrogens (primary N) is 2. The van der Waals surface area contributed by atoms with Crippen molar-refractivity contribution in [1.29, 1.82) is 5.41 Å². The minimum Gasteiger partial charge on any atom is -0.488 e. The van der Waals surface area contributed by atoms with Crippen molar-refractivity contribution >= 4 is 23.2 Å². The molecule has 14 heteroatoms. The smallest absolute Gasteiger partial charge is 0.349 e. The Balaban J connectivity index is 1.90. The largest absolute Gasteiger partial charge is 0.488 e. The Hall–Kier alpha value is -5.24. The number of rotatable bonds is 11. The quantitative estimate of drug-likeness (QED) is 0.0676. The van der Waals surface area contributed by atoms with Crippen LogP contribution in [0.4, 0.5) is 15.8 Å². The van der Waals surface area contributed by atoms with Crippen molar-refractivity contribution in [2.45, 2.75) is 26.3 Å². The number of carbonyl (C=O) groups excluding carboxylic acids is 1. The lowest BCUT2D eigenvalue weighted by Gasteiger charge is -2.22. The monoisotopic (exact) mass is 564 g/mol. The Morgan fingerprint density at radius 1 is 1.27 bits per heavy atom. The minimum absolute atomic E-state index is 0.00350. The highest BCUT2D eigenvalue weighted by atomic mass is 19.1. The molecule has 41 heavy (non-hydrogen) atoms. The number of carbonyl (C=O) groups is 1. The standard InChI is InChI=1S/C27H29FN8O5/c1-3-15-11-18(22(28)21(12-15)40-10-9-37)23(25-34-27(39)36(35-25)26-19(29)5-4-8-32-26)33-16-6-7-17(24(30)31)20(13-16)41-14(2)38/h4-8,11-13,23,33,37H,3,9-10,29H2,1-2H3,(H3,30,31)(H,34,35,39). The lowest BCUT2D eigenvalue weighted by atomic mass is 10.00. The van der Waals surface area contributed by atoms with E-state index in [9.17, 15) is 14.7 Å². The number of aromatic amines is 1. The van der Waals surface area contributed by atoms with Crippen molar-refractivity contribution < 1.29 is 23.8 Å². The van der Waals surface area contributed by atoms with E-state index in [1.165, 1.54) is 31.3 Å². The number of aromatic nitrogens is 4. The Kier molecular flexibility index (Phi) is 8.63. The number of esters is 1. The van der Waals surface area contributed by atoms with Crippen molar-refractivity contribution in [3.8, 4) is 17.3 Å². The number of H-pyrrole nitrogens is 1. The molecule has 8 N–H and O–H groups in total. The SMILES string of the molecule is CCc1cc(OCCO)c(F)c(C(Nc2ccc(C(=N)N)c(OC(C)=O)c2)c2nn(-c3ncccc3N)c(=O)[nH]2)c1. The topological polar surface area (TPSA) is 207 Å². The number of halogens is 1. The van der Waals surface area contributed by atoms with Crippen molar-refractivity contribution in [3.05, 3.63) is 87.5 Å². The van der Waals surface area contributed by atoms with Gasteiger partial charge in [-0.2, -0.15) is 4.68 Å². The number of aryl methyl sites for hydroxylation is 1. The van der Waals surface area contributed by atoms with Crippen molar-refractivity contribution in [1.82, 2.24) is 19.7 Å². The molecule has 0 amide bonds. The number of amidine groups is 1. The second kappa shape index (κ2) is 12.3. The van der Waals surface area contributed by atoms with E-state index in [2.05, 4.69) is 20.4 Å². The van der Waals surface area contributed by atoms with Crippen LogP contribution in [0.25, 0.3) is 5.82 Å². The zero-order valence-electron chi connectivity index (χ0n) is 22.3. The van der Waals surface area contributed by atoms with Crippen LogP contribution < -0.4 is 31.9 Å². The summed E-state index contributed by atoms with van der Waals surface area (Å²) in [4.78, 5) is 31.5. The average Bonchev–Trinajstić information content (AvgIpc) is 3.32. The van der Waals surface area contributed by atoms with E-state index in [0.29, 0.717) is 17.7 Å². The maximum absolute atomic E-state index is 15.9. The van der Waals surface area contributed by atoms with Crippen LogP contribution in [0.5, 0.6) is 11.5 Å². The van der Waals surface area contributed by atoms with Gasteiger partial charge in [-0.3, -0.25) is 15.2 Å². The molecule has 0 saturated carbocycles. The van der Waals surface area contributed by atoms with Gasteiger partial charge in [0.05, 0.1) is 17.9 Å². The molecule has 0 bridgehead atoms. The summed E-state index contributed by atoms with van der Waals surface area (Å²) >= 11 is 0. The number of nitrogens with one attached hydrogen (secondary N) is 3. The predicted octanol–water partition coefficient (Wildman–Crippen LogP) is 2.02. The van der Waals surface area contributed by atoms with Crippen LogP contribution in [-0.2, 0) is 11.2 Å². The fourth-order valence-corrected chi connectivity index (χ4v) is 4.09. The molecule has 0 spiro atoms. The normalized spacial score (nSPS) is 11.6. The number of hydrogen-bond acceptors (Lipinski definition) is 10. The average molecular weight is 565 g/mol. The molecule has 0 aliphatic heterocycles. The first kappa shape index (κ1) is 28.8. The third-order valence-corrected chi connectivity index (χ3v) is 5.96. The number of anilines is 2. The fraction of sp³-hybridized carbons (Fsp3) is 0.222. The molecule has 0 fully saturated rings. The van der Waals surface area contributed by atoms with Gasteiger partial charge >= 0.3 is 11.7 Å². The molecule has 0 radical (unpaired) electrons. The number of nitrogens with zero attached hydrogens (tertiary/aromatic N) is 3. The zero-order chi connectivity index (χ0) is 29.7. The lowest BCUT2D eigenvalue weighted by molar-refractivity contribution is -0.131. The van der Waals surface area contributed by atoms with Gasteiger partial charge in [0.1, 0.15) is 24.2 Å². The van der Waals surface area contributed by atoms with Crippen molar-refractivity contribution in [2.24, 2.45) is 5.73 Å². The number of ether oxygens (including phenoxy) is 2. The van der Waals surface area contributed by atoms with E-state index in [4.69, 9.17) is 26.4 Å². The molecule has 2 aromatic carbocycles. The highest BCUT2D eigenvalue weighted by molar-refractivity contribution is 5.98. The van der Waals surface area contributed by atoms with Crippen LogP contribution in [-0.4, -0.2) is 49.9 Å². The van der Waals surface area contributed by atoms with Crippen LogP contribution in [0.3, 0.4) is 0 Å². The molecule has 2 heterocycles. The van der Waals surface area contributed by atoms with Gasteiger partial charge in [0.15, 0.2) is 23.2 Å². The highest BCUT2D eigenvalue weighted by Gasteiger charge is 2.27. The molecule has 2 aromatic heterocycles. The fourth-order valence-electron chi connectivity index (χ4n) is 4.09. The lowest BCUT2D eigenvalue weighted by Crippen LogP contribution is -2.19. The molecule has 4 rings (SSSR count). The van der Waals surface area contributed by atoms with E-state index in [1.54, 1.807) is 24.3 Å². The van der Waals surface area contributed by atoms with Gasteiger partial charge in [0, 0.05) is 30.4 Å². The van der Waals surface area contributed by atoms with Gasteiger partial charge < -0.3 is 31.4 Å². The van der Waals surface area contributed by atoms with Gasteiger partial charge in [-0.1, -0.05) is 13.0 Å². The van der Waals surface area contributed by atoms with Crippen LogP contribution >= 0.6 is 0 Å². The van der Waals surface area contributed by atoms with E-state index in [-0.39, 0.29) is 59.0 Å². The first-order chi connectivity index (χ1) is 19.6. The van der Waals surface area contributed by atoms with E-state index in [1.807, 2.05) is 6.92 Å². The molecule has 0 saturated heterocycles. The van der Waals surface area contributed by atoms with Gasteiger partial charge in [-0.05, 0) is 42.3 Å². The van der Waals surface area contributed by atoms with Crippen molar-refractivity contribution in [3.63, 3.8) is 0 Å². The molecule has 1 unspecified atom stereocenters. The summed E-state index contributed by atoms with van der Waals surface area (Å²) in [6, 6.07) is 9.60. The molecular weight excluding hydrogens is 535 g/mol. The molecule has 0 aliphatic rings. The Morgan fingerprint density at radius 3 is 2.71 bits per heavy atom. The van der Waals surface area contributed by atoms with Crippen molar-refractivity contribution in [2.75, 3.05) is 24.3 Å². The van der Waals surface area contributed by atoms with E-state index >= 15 is 4.39 Å². The summed E-state index contributed by atoms with van der Waals surface area (Å²) in [7, 11) is 0. The summed E-state index contributed by atoms with van der Waals surface area (Å²) in [5, 5.41) is 24.5. The summed E-state index contributed by atoms with van der Waals surface area (Å²) in [5.74, 6) is -1.72. The molecule has 4 aromatic rings. The summed E-state index contributed by atoms with van der Waals surface area (Å²) in [5.41, 5.74) is 12.4. The molecule has 1 atom stereocenters. The predicted molar refractivity (Wildman–Crippen MR) is 149 cm³/mol. The molecular formula is C27H29FN8O5. The second-order valence-corrected chi connectivity index (χ2v) is 8.86. The highest BCUT2D eigenvalue weighted by Crippen LogP contribution is 2.34. The number of pyridine rings is 1. The molecule has 214 valence electrons. The number of aliphatic hydroxyl groups is 1. The van der Waals surface area contributed by atoms with Crippen LogP contribution in [0.2, 0.25) is 0 Å². The number of nitrogen functional groups attached to an aromatic ring is 2. The number of hydrogen-bond donors (Lipinski definition) is 6. The Morgan fingerprint density at radius 2 is 2.05 bits per heavy atom. The Bertz CT molecular complexity index is 1650. The zero-order valence-corrected chi connectivity index (χ0v) is 22.3. The molecule has 13 nitrogen and oxygen atoms in total. The van der Waals surface area contributed by atoms with Crippen LogP contribution in [0.15, 0.2) is 53.5 Å². The third kappa shape index (κ3) is 6.33.